The minimum atomic E-state index is 0.280. The van der Waals surface area contributed by atoms with Crippen LogP contribution < -0.4 is 0 Å². The SMILES string of the molecule is CCC(C)(CC)C(=S)CC(C)(C)C. The van der Waals surface area contributed by atoms with Crippen molar-refractivity contribution in [2.75, 3.05) is 0 Å². The minimum absolute atomic E-state index is 0.280. The van der Waals surface area contributed by atoms with Gasteiger partial charge in [0.2, 0.25) is 0 Å². The van der Waals surface area contributed by atoms with Gasteiger partial charge >= 0.3 is 0 Å². The summed E-state index contributed by atoms with van der Waals surface area (Å²) in [4.78, 5) is 1.25. The fourth-order valence-electron chi connectivity index (χ4n) is 1.34. The van der Waals surface area contributed by atoms with Crippen LogP contribution in [0.5, 0.6) is 0 Å². The van der Waals surface area contributed by atoms with Gasteiger partial charge in [0.05, 0.1) is 0 Å². The number of rotatable bonds is 4. The largest absolute Gasteiger partial charge is 0.0891 e. The van der Waals surface area contributed by atoms with Gasteiger partial charge in [0.15, 0.2) is 0 Å². The van der Waals surface area contributed by atoms with Crippen molar-refractivity contribution in [3.8, 4) is 0 Å². The fourth-order valence-corrected chi connectivity index (χ4v) is 2.06. The van der Waals surface area contributed by atoms with Gasteiger partial charge in [-0.1, -0.05) is 53.8 Å². The lowest BCUT2D eigenvalue weighted by Gasteiger charge is -2.31. The summed E-state index contributed by atoms with van der Waals surface area (Å²) in [5.74, 6) is 0. The molecule has 0 aromatic carbocycles. The molecule has 0 spiro atoms. The molecular formula is C12H24S. The molecule has 0 amide bonds. The monoisotopic (exact) mass is 200 g/mol. The second-order valence-electron chi connectivity index (χ2n) is 5.43. The first-order valence-corrected chi connectivity index (χ1v) is 5.69. The molecule has 0 aliphatic rings. The average molecular weight is 200 g/mol. The van der Waals surface area contributed by atoms with E-state index in [1.807, 2.05) is 0 Å². The molecule has 1 heteroatoms. The Morgan fingerprint density at radius 1 is 1.00 bits per heavy atom. The van der Waals surface area contributed by atoms with Crippen molar-refractivity contribution in [3.63, 3.8) is 0 Å². The van der Waals surface area contributed by atoms with Crippen LogP contribution >= 0.6 is 12.2 Å². The van der Waals surface area contributed by atoms with E-state index in [0.717, 1.165) is 6.42 Å². The molecule has 0 saturated heterocycles. The molecule has 0 heterocycles. The van der Waals surface area contributed by atoms with Crippen molar-refractivity contribution >= 4 is 17.1 Å². The van der Waals surface area contributed by atoms with Gasteiger partial charge in [0.25, 0.3) is 0 Å². The molecular weight excluding hydrogens is 176 g/mol. The number of hydrogen-bond acceptors (Lipinski definition) is 1. The zero-order valence-electron chi connectivity index (χ0n) is 10.0. The van der Waals surface area contributed by atoms with E-state index in [1.165, 1.54) is 17.7 Å². The molecule has 0 saturated carbocycles. The number of hydrogen-bond donors (Lipinski definition) is 0. The van der Waals surface area contributed by atoms with Gasteiger partial charge in [-0.05, 0) is 35.0 Å². The first-order chi connectivity index (χ1) is 5.75. The Hall–Kier alpha value is 0.0900. The summed E-state index contributed by atoms with van der Waals surface area (Å²) in [5.41, 5.74) is 0.616. The summed E-state index contributed by atoms with van der Waals surface area (Å²) in [5, 5.41) is 0. The highest BCUT2D eigenvalue weighted by molar-refractivity contribution is 7.80. The predicted molar refractivity (Wildman–Crippen MR) is 65.4 cm³/mol. The van der Waals surface area contributed by atoms with Crippen LogP contribution in [-0.4, -0.2) is 4.86 Å². The lowest BCUT2D eigenvalue weighted by molar-refractivity contribution is 0.384. The van der Waals surface area contributed by atoms with Gasteiger partial charge in [0.1, 0.15) is 0 Å². The third-order valence-corrected chi connectivity index (χ3v) is 3.56. The highest BCUT2D eigenvalue weighted by Crippen LogP contribution is 2.33. The van der Waals surface area contributed by atoms with Crippen molar-refractivity contribution in [2.24, 2.45) is 10.8 Å². The Morgan fingerprint density at radius 3 is 1.62 bits per heavy atom. The Labute approximate surface area is 89.1 Å². The van der Waals surface area contributed by atoms with E-state index in [9.17, 15) is 0 Å². The summed E-state index contributed by atoms with van der Waals surface area (Å²) < 4.78 is 0. The van der Waals surface area contributed by atoms with Gasteiger partial charge in [-0.2, -0.15) is 0 Å². The molecule has 78 valence electrons. The van der Waals surface area contributed by atoms with E-state index in [2.05, 4.69) is 41.5 Å². The van der Waals surface area contributed by atoms with Gasteiger partial charge in [0, 0.05) is 0 Å². The maximum atomic E-state index is 5.54. The summed E-state index contributed by atoms with van der Waals surface area (Å²) in [6.07, 6.45) is 3.40. The molecule has 0 rings (SSSR count). The van der Waals surface area contributed by atoms with E-state index in [-0.39, 0.29) is 5.41 Å². The highest BCUT2D eigenvalue weighted by atomic mass is 32.1. The smallest absolute Gasteiger partial charge is 0.000753 e. The van der Waals surface area contributed by atoms with E-state index in [1.54, 1.807) is 0 Å². The van der Waals surface area contributed by atoms with Gasteiger partial charge < -0.3 is 0 Å². The predicted octanol–water partition coefficient (Wildman–Crippen LogP) is 4.62. The van der Waals surface area contributed by atoms with Crippen molar-refractivity contribution in [1.82, 2.24) is 0 Å². The summed E-state index contributed by atoms with van der Waals surface area (Å²) >= 11 is 5.54. The first-order valence-electron chi connectivity index (χ1n) is 5.28. The van der Waals surface area contributed by atoms with E-state index < -0.39 is 0 Å². The number of thiocarbonyl (C=S) groups is 1. The lowest BCUT2D eigenvalue weighted by atomic mass is 9.75. The molecule has 0 fully saturated rings. The summed E-state index contributed by atoms with van der Waals surface area (Å²) in [7, 11) is 0. The van der Waals surface area contributed by atoms with Crippen molar-refractivity contribution in [2.45, 2.75) is 60.8 Å². The average Bonchev–Trinajstić information content (AvgIpc) is 2.00. The fraction of sp³-hybridized carbons (Fsp3) is 0.917. The molecule has 0 radical (unpaired) electrons. The zero-order valence-corrected chi connectivity index (χ0v) is 10.8. The molecule has 13 heavy (non-hydrogen) atoms. The first kappa shape index (κ1) is 13.1. The summed E-state index contributed by atoms with van der Waals surface area (Å²) in [6, 6.07) is 0. The van der Waals surface area contributed by atoms with Crippen LogP contribution in [0.1, 0.15) is 60.8 Å². The maximum Gasteiger partial charge on any atom is -0.000753 e. The zero-order chi connectivity index (χ0) is 10.7. The van der Waals surface area contributed by atoms with Crippen LogP contribution in [0.15, 0.2) is 0 Å². The second-order valence-corrected chi connectivity index (χ2v) is 5.92. The molecule has 0 unspecified atom stereocenters. The Balaban J connectivity index is 4.41. The lowest BCUT2D eigenvalue weighted by Crippen LogP contribution is -2.28. The van der Waals surface area contributed by atoms with Gasteiger partial charge in [-0.25, -0.2) is 0 Å². The van der Waals surface area contributed by atoms with Gasteiger partial charge in [-0.15, -0.1) is 0 Å². The third-order valence-electron chi connectivity index (χ3n) is 2.92. The van der Waals surface area contributed by atoms with Crippen LogP contribution in [-0.2, 0) is 0 Å². The molecule has 0 atom stereocenters. The molecule has 0 aliphatic carbocycles. The van der Waals surface area contributed by atoms with Crippen LogP contribution in [0, 0.1) is 10.8 Å². The van der Waals surface area contributed by atoms with E-state index >= 15 is 0 Å². The Bertz CT molecular complexity index is 170. The normalized spacial score (nSPS) is 13.1. The van der Waals surface area contributed by atoms with E-state index in [0.29, 0.717) is 5.41 Å². The molecule has 0 nitrogen and oxygen atoms in total. The summed E-state index contributed by atoms with van der Waals surface area (Å²) in [6.45, 7) is 13.5. The molecule has 0 bridgehead atoms. The molecule has 0 aromatic rings. The molecule has 0 N–H and O–H groups in total. The second kappa shape index (κ2) is 4.54. The molecule has 0 aromatic heterocycles. The standard InChI is InChI=1S/C12H24S/c1-7-12(6,8-2)10(13)9-11(3,4)5/h7-9H2,1-6H3. The third kappa shape index (κ3) is 4.21. The van der Waals surface area contributed by atoms with Crippen LogP contribution in [0.4, 0.5) is 0 Å². The topological polar surface area (TPSA) is 0 Å². The van der Waals surface area contributed by atoms with Gasteiger partial charge in [-0.3, -0.25) is 0 Å². The van der Waals surface area contributed by atoms with Crippen molar-refractivity contribution in [3.05, 3.63) is 0 Å². The highest BCUT2D eigenvalue weighted by Gasteiger charge is 2.27. The van der Waals surface area contributed by atoms with Crippen molar-refractivity contribution in [1.29, 1.82) is 0 Å². The maximum absolute atomic E-state index is 5.54. The molecule has 0 aliphatic heterocycles. The quantitative estimate of drug-likeness (QED) is 0.597. The minimum Gasteiger partial charge on any atom is -0.0891 e. The Kier molecular flexibility index (Phi) is 4.58. The van der Waals surface area contributed by atoms with Crippen LogP contribution in [0.2, 0.25) is 0 Å². The van der Waals surface area contributed by atoms with E-state index in [4.69, 9.17) is 12.2 Å². The van der Waals surface area contributed by atoms with Crippen molar-refractivity contribution < 1.29 is 0 Å². The van der Waals surface area contributed by atoms with Crippen LogP contribution in [0.3, 0.4) is 0 Å². The van der Waals surface area contributed by atoms with Crippen LogP contribution in [0.25, 0.3) is 0 Å². The Morgan fingerprint density at radius 2 is 1.38 bits per heavy atom.